The second-order valence-electron chi connectivity index (χ2n) is 5.95. The largest absolute Gasteiger partial charge is 0.506 e. The first-order valence-corrected chi connectivity index (χ1v) is 7.99. The number of hydrogen-bond acceptors (Lipinski definition) is 6. The predicted molar refractivity (Wildman–Crippen MR) is 87.6 cm³/mol. The fourth-order valence-corrected chi connectivity index (χ4v) is 3.04. The number of aromatic nitrogens is 5. The normalized spacial score (nSPS) is 14.3. The molecule has 0 radical (unpaired) electrons. The number of halogens is 3. The predicted octanol–water partition coefficient (Wildman–Crippen LogP) is 2.88. The van der Waals surface area contributed by atoms with Crippen molar-refractivity contribution in [2.45, 2.75) is 25.0 Å². The summed E-state index contributed by atoms with van der Waals surface area (Å²) < 4.78 is 48.8. The Hall–Kier alpha value is -3.50. The molecule has 3 rings (SSSR count). The van der Waals surface area contributed by atoms with Crippen LogP contribution >= 0.6 is 0 Å². The van der Waals surface area contributed by atoms with Crippen LogP contribution in [0.1, 0.15) is 24.1 Å². The number of nitrogens with zero attached hydrogens (tertiary/aromatic N) is 5. The van der Waals surface area contributed by atoms with Crippen molar-refractivity contribution in [1.29, 1.82) is 0 Å². The summed E-state index contributed by atoms with van der Waals surface area (Å²) in [6.45, 7) is 1.04. The summed E-state index contributed by atoms with van der Waals surface area (Å²) >= 11 is 0. The van der Waals surface area contributed by atoms with Crippen LogP contribution in [0.25, 0.3) is 0 Å². The maximum absolute atomic E-state index is 14.7. The maximum Gasteiger partial charge on any atom is 0.506 e. The molecule has 0 amide bonds. The van der Waals surface area contributed by atoms with Gasteiger partial charge < -0.3 is 9.84 Å². The molecule has 0 aliphatic heterocycles. The topological polar surface area (TPSA) is 103 Å². The van der Waals surface area contributed by atoms with Crippen LogP contribution in [0.2, 0.25) is 0 Å². The van der Waals surface area contributed by atoms with Gasteiger partial charge >= 0.3 is 6.16 Å². The Morgan fingerprint density at radius 2 is 2.04 bits per heavy atom. The first-order chi connectivity index (χ1) is 13.3. The van der Waals surface area contributed by atoms with Crippen LogP contribution in [0.15, 0.2) is 43.4 Å². The van der Waals surface area contributed by atoms with Crippen molar-refractivity contribution in [1.82, 2.24) is 24.7 Å². The van der Waals surface area contributed by atoms with Gasteiger partial charge in [0.25, 0.3) is 0 Å². The molecule has 0 saturated heterocycles. The molecule has 11 heteroatoms. The van der Waals surface area contributed by atoms with E-state index in [9.17, 15) is 23.1 Å². The van der Waals surface area contributed by atoms with Gasteiger partial charge in [0.15, 0.2) is 11.4 Å². The van der Waals surface area contributed by atoms with Gasteiger partial charge in [-0.2, -0.15) is 5.10 Å². The zero-order valence-electron chi connectivity index (χ0n) is 14.5. The van der Waals surface area contributed by atoms with E-state index in [-0.39, 0.29) is 17.8 Å². The lowest BCUT2D eigenvalue weighted by molar-refractivity contribution is -0.0551. The zero-order valence-corrected chi connectivity index (χ0v) is 14.5. The summed E-state index contributed by atoms with van der Waals surface area (Å²) in [6, 6.07) is 2.57. The third-order valence-electron chi connectivity index (χ3n) is 4.33. The molecule has 2 aromatic heterocycles. The molecular weight excluding hydrogens is 379 g/mol. The van der Waals surface area contributed by atoms with Gasteiger partial charge in [-0.15, -0.1) is 0 Å². The molecule has 146 valence electrons. The van der Waals surface area contributed by atoms with Crippen LogP contribution in [0.4, 0.5) is 18.0 Å². The number of benzene rings is 1. The lowest BCUT2D eigenvalue weighted by Gasteiger charge is -2.37. The first kappa shape index (κ1) is 19.3. The van der Waals surface area contributed by atoms with Crippen LogP contribution in [0.3, 0.4) is 0 Å². The standard InChI is InChI=1S/C17H14F3N5O3/c1-10(15-14(20)5-21-7-23-15)17(28-16(26)27,6-25-9-22-8-24-25)12-3-2-11(18)4-13(12)19/h2-5,7-10H,6H2,1H3,(H,26,27)/t10-,17+/m0/s1. The smallest absolute Gasteiger partial charge is 0.450 e. The van der Waals surface area contributed by atoms with Crippen molar-refractivity contribution in [3.05, 3.63) is 72.1 Å². The third kappa shape index (κ3) is 3.63. The summed E-state index contributed by atoms with van der Waals surface area (Å²) in [4.78, 5) is 22.7. The summed E-state index contributed by atoms with van der Waals surface area (Å²) in [5.41, 5.74) is -2.55. The van der Waals surface area contributed by atoms with E-state index >= 15 is 0 Å². The number of hydrogen-bond donors (Lipinski definition) is 1. The number of rotatable bonds is 6. The fraction of sp³-hybridized carbons (Fsp3) is 0.235. The highest BCUT2D eigenvalue weighted by Gasteiger charge is 2.47. The molecule has 1 N–H and O–H groups in total. The van der Waals surface area contributed by atoms with Crippen molar-refractivity contribution in [3.63, 3.8) is 0 Å². The Labute approximate surface area is 156 Å². The molecule has 3 aromatic rings. The Kier molecular flexibility index (Phi) is 5.25. The highest BCUT2D eigenvalue weighted by Crippen LogP contribution is 2.43. The highest BCUT2D eigenvalue weighted by molar-refractivity contribution is 5.58. The van der Waals surface area contributed by atoms with Crippen molar-refractivity contribution < 1.29 is 27.8 Å². The minimum Gasteiger partial charge on any atom is -0.450 e. The van der Waals surface area contributed by atoms with E-state index in [2.05, 4.69) is 20.1 Å². The molecule has 0 unspecified atom stereocenters. The summed E-state index contributed by atoms with van der Waals surface area (Å²) in [5, 5.41) is 13.2. The third-order valence-corrected chi connectivity index (χ3v) is 4.33. The molecule has 1 aromatic carbocycles. The molecular formula is C17H14F3N5O3. The van der Waals surface area contributed by atoms with Crippen LogP contribution in [-0.2, 0) is 16.9 Å². The van der Waals surface area contributed by atoms with Crippen LogP contribution in [0.5, 0.6) is 0 Å². The quantitative estimate of drug-likeness (QED) is 0.642. The molecule has 0 spiro atoms. The van der Waals surface area contributed by atoms with E-state index in [1.807, 2.05) is 0 Å². The zero-order chi connectivity index (χ0) is 20.3. The Bertz CT molecular complexity index is 986. The fourth-order valence-electron chi connectivity index (χ4n) is 3.04. The van der Waals surface area contributed by atoms with E-state index in [0.29, 0.717) is 6.07 Å². The second-order valence-corrected chi connectivity index (χ2v) is 5.95. The monoisotopic (exact) mass is 393 g/mol. The van der Waals surface area contributed by atoms with E-state index in [1.54, 1.807) is 0 Å². The van der Waals surface area contributed by atoms with E-state index in [4.69, 9.17) is 4.74 Å². The average molecular weight is 393 g/mol. The van der Waals surface area contributed by atoms with Gasteiger partial charge in [-0.25, -0.2) is 37.6 Å². The van der Waals surface area contributed by atoms with Gasteiger partial charge in [-0.3, -0.25) is 0 Å². The summed E-state index contributed by atoms with van der Waals surface area (Å²) in [6.07, 6.45) is 2.65. The van der Waals surface area contributed by atoms with Crippen molar-refractivity contribution in [2.24, 2.45) is 0 Å². The molecule has 0 aliphatic rings. The molecule has 8 nitrogen and oxygen atoms in total. The molecule has 0 aliphatic carbocycles. The van der Waals surface area contributed by atoms with E-state index in [0.717, 1.165) is 24.7 Å². The molecule has 0 bridgehead atoms. The van der Waals surface area contributed by atoms with Gasteiger partial charge in [-0.1, -0.05) is 6.92 Å². The van der Waals surface area contributed by atoms with Crippen LogP contribution < -0.4 is 0 Å². The molecule has 2 atom stereocenters. The van der Waals surface area contributed by atoms with Crippen molar-refractivity contribution in [2.75, 3.05) is 0 Å². The first-order valence-electron chi connectivity index (χ1n) is 7.99. The Morgan fingerprint density at radius 1 is 1.25 bits per heavy atom. The lowest BCUT2D eigenvalue weighted by Crippen LogP contribution is -2.43. The Balaban J connectivity index is 2.25. The van der Waals surface area contributed by atoms with E-state index in [1.165, 1.54) is 24.3 Å². The van der Waals surface area contributed by atoms with Crippen LogP contribution in [-0.4, -0.2) is 36.0 Å². The minimum absolute atomic E-state index is 0.208. The average Bonchev–Trinajstić information content (AvgIpc) is 3.13. The Morgan fingerprint density at radius 3 is 2.64 bits per heavy atom. The lowest BCUT2D eigenvalue weighted by atomic mass is 9.79. The molecule has 0 saturated carbocycles. The van der Waals surface area contributed by atoms with Crippen LogP contribution in [0, 0.1) is 17.5 Å². The number of ether oxygens (including phenoxy) is 1. The molecule has 0 fully saturated rings. The van der Waals surface area contributed by atoms with E-state index < -0.39 is 35.1 Å². The van der Waals surface area contributed by atoms with Gasteiger partial charge in [0.05, 0.1) is 18.4 Å². The molecule has 28 heavy (non-hydrogen) atoms. The highest BCUT2D eigenvalue weighted by atomic mass is 19.1. The number of carboxylic acid groups (broad SMARTS) is 1. The van der Waals surface area contributed by atoms with Crippen molar-refractivity contribution in [3.8, 4) is 0 Å². The van der Waals surface area contributed by atoms with Gasteiger partial charge in [-0.05, 0) is 12.1 Å². The summed E-state index contributed by atoms with van der Waals surface area (Å²) in [5.74, 6) is -3.92. The number of carbonyl (C=O) groups is 1. The maximum atomic E-state index is 14.7. The van der Waals surface area contributed by atoms with Crippen molar-refractivity contribution >= 4 is 6.16 Å². The minimum atomic E-state index is -2.04. The van der Waals surface area contributed by atoms with Gasteiger partial charge in [0.1, 0.15) is 30.6 Å². The summed E-state index contributed by atoms with van der Waals surface area (Å²) in [7, 11) is 0. The molecule has 2 heterocycles. The van der Waals surface area contributed by atoms with Gasteiger partial charge in [0.2, 0.25) is 0 Å². The SMILES string of the molecule is C[C@@H](c1ncncc1F)[C@@](Cn1cncn1)(OC(=O)O)c1ccc(F)cc1F. The second kappa shape index (κ2) is 7.62. The van der Waals surface area contributed by atoms with Gasteiger partial charge in [0, 0.05) is 17.5 Å².